The Bertz CT molecular complexity index is 1120. The second kappa shape index (κ2) is 7.43. The molecule has 4 heterocycles. The Morgan fingerprint density at radius 3 is 2.93 bits per heavy atom. The number of pyridine rings is 2. The molecule has 1 saturated heterocycles. The van der Waals surface area contributed by atoms with Crippen LogP contribution in [0.4, 0.5) is 11.4 Å². The van der Waals surface area contributed by atoms with Crippen molar-refractivity contribution in [2.24, 2.45) is 5.73 Å². The summed E-state index contributed by atoms with van der Waals surface area (Å²) >= 11 is 1.33. The zero-order chi connectivity index (χ0) is 20.6. The maximum absolute atomic E-state index is 12.5. The highest BCUT2D eigenvalue weighted by molar-refractivity contribution is 7.20. The van der Waals surface area contributed by atoms with Crippen molar-refractivity contribution < 1.29 is 7.54 Å². The molecule has 140 valence electrons. The van der Waals surface area contributed by atoms with E-state index in [1.807, 2.05) is 6.07 Å². The fourth-order valence-electron chi connectivity index (χ4n) is 2.92. The maximum atomic E-state index is 12.5. The first kappa shape index (κ1) is 15.3. The van der Waals surface area contributed by atoms with E-state index in [2.05, 4.69) is 25.6 Å². The molecule has 3 aromatic heterocycles. The molecule has 1 amide bonds. The summed E-state index contributed by atoms with van der Waals surface area (Å²) in [6, 6.07) is 5.13. The Morgan fingerprint density at radius 1 is 1.33 bits per heavy atom. The van der Waals surface area contributed by atoms with Gasteiger partial charge in [0.25, 0.3) is 5.56 Å². The third-order valence-electron chi connectivity index (χ3n) is 4.21. The molecule has 3 aromatic rings. The summed E-state index contributed by atoms with van der Waals surface area (Å²) in [5.41, 5.74) is 6.70. The molecular weight excluding hydrogens is 366 g/mol. The number of anilines is 2. The van der Waals surface area contributed by atoms with Gasteiger partial charge < -0.3 is 21.3 Å². The molecule has 4 rings (SSSR count). The second-order valence-corrected chi connectivity index (χ2v) is 7.02. The monoisotopic (exact) mass is 387 g/mol. The lowest BCUT2D eigenvalue weighted by Gasteiger charge is -2.29. The number of carbonyl (C=O) groups excluding carboxylic acids is 1. The molecule has 1 aliphatic heterocycles. The summed E-state index contributed by atoms with van der Waals surface area (Å²) in [5, 5.41) is 10.6. The van der Waals surface area contributed by atoms with Gasteiger partial charge >= 0.3 is 0 Å². The van der Waals surface area contributed by atoms with E-state index in [9.17, 15) is 9.59 Å². The summed E-state index contributed by atoms with van der Waals surface area (Å²) in [6.07, 6.45) is 2.95. The van der Waals surface area contributed by atoms with Crippen molar-refractivity contribution in [3.63, 3.8) is 0 Å². The molecule has 0 spiro atoms. The minimum absolute atomic E-state index is 0.215. The van der Waals surface area contributed by atoms with Crippen LogP contribution in [0.25, 0.3) is 15.4 Å². The van der Waals surface area contributed by atoms with E-state index >= 15 is 0 Å². The van der Waals surface area contributed by atoms with Crippen molar-refractivity contribution in [2.45, 2.75) is 0 Å². The van der Waals surface area contributed by atoms with E-state index in [4.69, 9.17) is 8.48 Å². The molecule has 1 fully saturated rings. The number of nitrogens with zero attached hydrogens (tertiary/aromatic N) is 4. The van der Waals surface area contributed by atoms with Gasteiger partial charge in [-0.3, -0.25) is 14.6 Å². The highest BCUT2D eigenvalue weighted by Gasteiger charge is 2.15. The summed E-state index contributed by atoms with van der Waals surface area (Å²) in [6.45, 7) is 0.916. The normalized spacial score (nSPS) is 16.1. The van der Waals surface area contributed by atoms with E-state index in [0.717, 1.165) is 31.9 Å². The Labute approximate surface area is 161 Å². The van der Waals surface area contributed by atoms with Gasteiger partial charge in [-0.1, -0.05) is 11.3 Å². The maximum Gasteiger partial charge on any atom is 0.274 e. The van der Waals surface area contributed by atoms with Gasteiger partial charge in [-0.05, 0) is 12.1 Å². The Morgan fingerprint density at radius 2 is 2.15 bits per heavy atom. The lowest BCUT2D eigenvalue weighted by atomic mass is 10.3. The SMILES string of the molecule is [2H]C([2H])(N)C(=O)Nc1cncc(-c2nn3c(=O)cc(N4CCNCC4)cc3s2)c1. The van der Waals surface area contributed by atoms with E-state index in [1.165, 1.54) is 22.0 Å². The van der Waals surface area contributed by atoms with Crippen LogP contribution in [-0.4, -0.2) is 53.2 Å². The molecule has 9 nitrogen and oxygen atoms in total. The average molecular weight is 387 g/mol. The van der Waals surface area contributed by atoms with Crippen molar-refractivity contribution in [1.29, 1.82) is 0 Å². The lowest BCUT2D eigenvalue weighted by Crippen LogP contribution is -2.43. The third kappa shape index (κ3) is 3.68. The minimum Gasteiger partial charge on any atom is -0.369 e. The van der Waals surface area contributed by atoms with Crippen molar-refractivity contribution in [3.05, 3.63) is 40.9 Å². The van der Waals surface area contributed by atoms with E-state index in [0.29, 0.717) is 15.4 Å². The molecule has 0 unspecified atom stereocenters. The fraction of sp³-hybridized carbons (Fsp3) is 0.294. The summed E-state index contributed by atoms with van der Waals surface area (Å²) in [7, 11) is 0. The van der Waals surface area contributed by atoms with Gasteiger partial charge in [0.1, 0.15) is 9.84 Å². The quantitative estimate of drug-likeness (QED) is 0.582. The standard InChI is InChI=1S/C17H19N7O2S/c18-8-14(25)21-12-5-11(9-20-10-12)17-22-24-15(26)6-13(7-16(24)27-17)23-3-1-19-2-4-23/h5-7,9-10,19H,1-4,8,18H2,(H,21,25)/i8D2. The van der Waals surface area contributed by atoms with Crippen LogP contribution < -0.4 is 26.8 Å². The minimum atomic E-state index is -2.50. The lowest BCUT2D eigenvalue weighted by molar-refractivity contribution is -0.114. The molecule has 0 saturated carbocycles. The first-order valence-corrected chi connectivity index (χ1v) is 9.18. The number of fused-ring (bicyclic) bond motifs is 1. The number of rotatable bonds is 4. The van der Waals surface area contributed by atoms with Gasteiger partial charge in [0.05, 0.1) is 21.1 Å². The first-order valence-electron chi connectivity index (χ1n) is 9.36. The van der Waals surface area contributed by atoms with Crippen LogP contribution in [-0.2, 0) is 4.79 Å². The van der Waals surface area contributed by atoms with Crippen molar-refractivity contribution >= 4 is 33.4 Å². The summed E-state index contributed by atoms with van der Waals surface area (Å²) in [5.74, 6) is -0.974. The Hall–Kier alpha value is -2.82. The zero-order valence-electron chi connectivity index (χ0n) is 16.3. The zero-order valence-corrected chi connectivity index (χ0v) is 15.1. The van der Waals surface area contributed by atoms with E-state index in [1.54, 1.807) is 18.3 Å². The number of hydrogen-bond donors (Lipinski definition) is 3. The van der Waals surface area contributed by atoms with E-state index < -0.39 is 12.4 Å². The fourth-order valence-corrected chi connectivity index (χ4v) is 3.87. The van der Waals surface area contributed by atoms with Crippen LogP contribution in [0, 0.1) is 0 Å². The van der Waals surface area contributed by atoms with Crippen molar-refractivity contribution in [1.82, 2.24) is 19.9 Å². The molecule has 0 aromatic carbocycles. The number of hydrogen-bond acceptors (Lipinski definition) is 8. The molecule has 0 aliphatic carbocycles. The average Bonchev–Trinajstić information content (AvgIpc) is 3.13. The number of nitrogens with one attached hydrogen (secondary N) is 2. The summed E-state index contributed by atoms with van der Waals surface area (Å²) in [4.78, 5) is 31.2. The van der Waals surface area contributed by atoms with Crippen LogP contribution in [0.15, 0.2) is 35.4 Å². The van der Waals surface area contributed by atoms with Crippen LogP contribution in [0.2, 0.25) is 0 Å². The Balaban J connectivity index is 1.66. The van der Waals surface area contributed by atoms with E-state index in [-0.39, 0.29) is 11.2 Å². The highest BCUT2D eigenvalue weighted by Crippen LogP contribution is 2.28. The predicted molar refractivity (Wildman–Crippen MR) is 105 cm³/mol. The largest absolute Gasteiger partial charge is 0.369 e. The predicted octanol–water partition coefficient (Wildman–Crippen LogP) is 0.125. The number of amides is 1. The molecule has 0 bridgehead atoms. The molecular formula is C17H19N7O2S. The molecule has 10 heteroatoms. The van der Waals surface area contributed by atoms with Gasteiger partial charge in [0.15, 0.2) is 0 Å². The molecule has 27 heavy (non-hydrogen) atoms. The molecule has 4 N–H and O–H groups in total. The number of carbonyl (C=O) groups is 1. The second-order valence-electron chi connectivity index (χ2n) is 6.01. The van der Waals surface area contributed by atoms with Gasteiger partial charge in [-0.15, -0.1) is 0 Å². The van der Waals surface area contributed by atoms with Crippen LogP contribution in [0.5, 0.6) is 0 Å². The summed E-state index contributed by atoms with van der Waals surface area (Å²) < 4.78 is 15.9. The molecule has 1 aliphatic rings. The van der Waals surface area contributed by atoms with Crippen LogP contribution in [0.3, 0.4) is 0 Å². The molecule has 0 radical (unpaired) electrons. The highest BCUT2D eigenvalue weighted by atomic mass is 32.1. The Kier molecular flexibility index (Phi) is 4.20. The molecule has 0 atom stereocenters. The van der Waals surface area contributed by atoms with Crippen LogP contribution >= 0.6 is 11.3 Å². The van der Waals surface area contributed by atoms with Gasteiger partial charge in [0, 0.05) is 49.7 Å². The van der Waals surface area contributed by atoms with Gasteiger partial charge in [-0.25, -0.2) is 0 Å². The number of piperazine rings is 1. The van der Waals surface area contributed by atoms with Crippen LogP contribution in [0.1, 0.15) is 2.74 Å². The topological polar surface area (TPSA) is 118 Å². The third-order valence-corrected chi connectivity index (χ3v) is 5.22. The number of nitrogens with two attached hydrogens (primary N) is 1. The van der Waals surface area contributed by atoms with Gasteiger partial charge in [0.2, 0.25) is 5.91 Å². The number of aromatic nitrogens is 3. The smallest absolute Gasteiger partial charge is 0.274 e. The van der Waals surface area contributed by atoms with Gasteiger partial charge in [-0.2, -0.15) is 9.61 Å². The van der Waals surface area contributed by atoms with Crippen molar-refractivity contribution in [2.75, 3.05) is 42.9 Å². The van der Waals surface area contributed by atoms with Crippen molar-refractivity contribution in [3.8, 4) is 10.6 Å². The first-order chi connectivity index (χ1) is 13.8.